The molecule has 0 radical (unpaired) electrons. The molecule has 0 saturated carbocycles. The zero-order chi connectivity index (χ0) is 12.0. The number of nitrogens with zero attached hydrogens (tertiary/aromatic N) is 3. The van der Waals surface area contributed by atoms with Crippen LogP contribution in [0.4, 0.5) is 4.39 Å². The highest BCUT2D eigenvalue weighted by molar-refractivity contribution is 5.16. The number of rotatable bonds is 5. The van der Waals surface area contributed by atoms with Crippen LogP contribution in [0.2, 0.25) is 0 Å². The Morgan fingerprint density at radius 3 is 2.50 bits per heavy atom. The van der Waals surface area contributed by atoms with Gasteiger partial charge >= 0.3 is 0 Å². The number of aryl methyl sites for hydroxylation is 1. The Labute approximate surface area is 94.9 Å². The fourth-order valence-corrected chi connectivity index (χ4v) is 1.55. The van der Waals surface area contributed by atoms with Gasteiger partial charge in [0.1, 0.15) is 5.82 Å². The maximum absolute atomic E-state index is 12.6. The molecule has 0 unspecified atom stereocenters. The van der Waals surface area contributed by atoms with Gasteiger partial charge in [0.05, 0.1) is 0 Å². The molecule has 0 aliphatic carbocycles. The first kappa shape index (κ1) is 12.5. The summed E-state index contributed by atoms with van der Waals surface area (Å²) in [7, 11) is 0. The minimum absolute atomic E-state index is 0.210. The molecule has 0 saturated heterocycles. The van der Waals surface area contributed by atoms with E-state index in [0.717, 1.165) is 24.8 Å². The number of halogens is 1. The van der Waals surface area contributed by atoms with E-state index in [2.05, 4.69) is 10.0 Å². The summed E-state index contributed by atoms with van der Waals surface area (Å²) in [5.74, 6) is -0.210. The highest BCUT2D eigenvalue weighted by atomic mass is 19.1. The second kappa shape index (κ2) is 5.52. The molecule has 0 spiro atoms. The minimum atomic E-state index is -0.339. The zero-order valence-electron chi connectivity index (χ0n) is 9.65. The molecule has 1 rings (SSSR count). The Kier molecular flexibility index (Phi) is 4.32. The van der Waals surface area contributed by atoms with Crippen molar-refractivity contribution in [1.29, 1.82) is 0 Å². The Morgan fingerprint density at radius 1 is 1.31 bits per heavy atom. The quantitative estimate of drug-likeness (QED) is 0.405. The molecule has 0 aliphatic rings. The van der Waals surface area contributed by atoms with E-state index in [9.17, 15) is 4.39 Å². The summed E-state index contributed by atoms with van der Waals surface area (Å²) in [4.78, 5) is 2.82. The summed E-state index contributed by atoms with van der Waals surface area (Å²) in [6.45, 7) is 3.83. The van der Waals surface area contributed by atoms with E-state index < -0.39 is 0 Å². The predicted octanol–water partition coefficient (Wildman–Crippen LogP) is 4.24. The molecule has 86 valence electrons. The van der Waals surface area contributed by atoms with Crippen molar-refractivity contribution in [3.8, 4) is 0 Å². The van der Waals surface area contributed by atoms with Crippen LogP contribution in [0.15, 0.2) is 29.4 Å². The molecule has 3 nitrogen and oxygen atoms in total. The summed E-state index contributed by atoms with van der Waals surface area (Å²) in [5, 5.41) is 3.72. The lowest BCUT2D eigenvalue weighted by Crippen LogP contribution is -2.15. The fraction of sp³-hybridized carbons (Fsp3) is 0.500. The lowest BCUT2D eigenvalue weighted by Gasteiger charge is -2.16. The van der Waals surface area contributed by atoms with Gasteiger partial charge in [0.25, 0.3) is 0 Å². The first-order chi connectivity index (χ1) is 7.53. The van der Waals surface area contributed by atoms with Crippen LogP contribution in [0.25, 0.3) is 10.4 Å². The Bertz CT molecular complexity index is 378. The van der Waals surface area contributed by atoms with E-state index in [1.165, 1.54) is 12.1 Å². The van der Waals surface area contributed by atoms with E-state index in [1.54, 1.807) is 12.1 Å². The number of azide groups is 1. The molecule has 0 aliphatic heterocycles. The molecule has 0 bridgehead atoms. The van der Waals surface area contributed by atoms with Gasteiger partial charge in [-0.2, -0.15) is 0 Å². The maximum Gasteiger partial charge on any atom is 0.123 e. The Morgan fingerprint density at radius 2 is 1.94 bits per heavy atom. The van der Waals surface area contributed by atoms with Crippen molar-refractivity contribution < 1.29 is 4.39 Å². The van der Waals surface area contributed by atoms with Crippen LogP contribution in [0.1, 0.15) is 32.3 Å². The topological polar surface area (TPSA) is 48.8 Å². The third kappa shape index (κ3) is 4.32. The van der Waals surface area contributed by atoms with Gasteiger partial charge in [-0.05, 0) is 42.5 Å². The standard InChI is InChI=1S/C12H16FN3/c1-12(2,15-16-14)9-3-4-10-5-7-11(13)8-6-10/h5-8H,3-4,9H2,1-2H3. The van der Waals surface area contributed by atoms with E-state index in [4.69, 9.17) is 5.53 Å². The van der Waals surface area contributed by atoms with Crippen LogP contribution in [0.5, 0.6) is 0 Å². The van der Waals surface area contributed by atoms with Gasteiger partial charge in [-0.3, -0.25) is 0 Å². The van der Waals surface area contributed by atoms with E-state index >= 15 is 0 Å². The summed E-state index contributed by atoms with van der Waals surface area (Å²) < 4.78 is 12.6. The largest absolute Gasteiger partial charge is 0.207 e. The molecular weight excluding hydrogens is 205 g/mol. The average molecular weight is 221 g/mol. The molecule has 0 fully saturated rings. The first-order valence-corrected chi connectivity index (χ1v) is 5.34. The molecular formula is C12H16FN3. The highest BCUT2D eigenvalue weighted by Crippen LogP contribution is 2.18. The van der Waals surface area contributed by atoms with Crippen molar-refractivity contribution in [3.63, 3.8) is 0 Å². The number of benzene rings is 1. The van der Waals surface area contributed by atoms with Crippen LogP contribution in [-0.2, 0) is 6.42 Å². The van der Waals surface area contributed by atoms with Gasteiger partial charge in [-0.25, -0.2) is 4.39 Å². The third-order valence-electron chi connectivity index (χ3n) is 2.48. The average Bonchev–Trinajstić information content (AvgIpc) is 2.20. The summed E-state index contributed by atoms with van der Waals surface area (Å²) in [6, 6.07) is 6.51. The molecule has 0 N–H and O–H groups in total. The predicted molar refractivity (Wildman–Crippen MR) is 62.6 cm³/mol. The molecule has 1 aromatic rings. The number of hydrogen-bond donors (Lipinski definition) is 0. The molecule has 0 amide bonds. The van der Waals surface area contributed by atoms with Gasteiger partial charge in [-0.1, -0.05) is 31.1 Å². The lowest BCUT2D eigenvalue weighted by atomic mass is 9.97. The first-order valence-electron chi connectivity index (χ1n) is 5.34. The van der Waals surface area contributed by atoms with Crippen molar-refractivity contribution >= 4 is 0 Å². The summed E-state index contributed by atoms with van der Waals surface area (Å²) >= 11 is 0. The Hall–Kier alpha value is -1.54. The minimum Gasteiger partial charge on any atom is -0.207 e. The SMILES string of the molecule is CC(C)(CCCc1ccc(F)cc1)N=[N+]=[N-]. The molecule has 0 aromatic heterocycles. The summed E-state index contributed by atoms with van der Waals surface area (Å²) in [6.07, 6.45) is 2.64. The van der Waals surface area contributed by atoms with Crippen molar-refractivity contribution in [1.82, 2.24) is 0 Å². The van der Waals surface area contributed by atoms with Gasteiger partial charge in [0, 0.05) is 10.5 Å². The van der Waals surface area contributed by atoms with Crippen molar-refractivity contribution in [2.45, 2.75) is 38.6 Å². The normalized spacial score (nSPS) is 10.9. The highest BCUT2D eigenvalue weighted by Gasteiger charge is 2.14. The molecule has 0 atom stereocenters. The smallest absolute Gasteiger partial charge is 0.123 e. The third-order valence-corrected chi connectivity index (χ3v) is 2.48. The number of hydrogen-bond acceptors (Lipinski definition) is 1. The zero-order valence-corrected chi connectivity index (χ0v) is 9.65. The van der Waals surface area contributed by atoms with Crippen molar-refractivity contribution in [2.24, 2.45) is 5.11 Å². The Balaban J connectivity index is 2.41. The van der Waals surface area contributed by atoms with Crippen LogP contribution >= 0.6 is 0 Å². The van der Waals surface area contributed by atoms with Crippen LogP contribution in [-0.4, -0.2) is 5.54 Å². The fourth-order valence-electron chi connectivity index (χ4n) is 1.55. The van der Waals surface area contributed by atoms with Gasteiger partial charge in [0.15, 0.2) is 0 Å². The van der Waals surface area contributed by atoms with Crippen molar-refractivity contribution in [3.05, 3.63) is 46.1 Å². The monoisotopic (exact) mass is 221 g/mol. The molecule has 4 heteroatoms. The molecule has 16 heavy (non-hydrogen) atoms. The van der Waals surface area contributed by atoms with E-state index in [-0.39, 0.29) is 11.4 Å². The molecule has 0 heterocycles. The van der Waals surface area contributed by atoms with Crippen LogP contribution in [0, 0.1) is 5.82 Å². The summed E-state index contributed by atoms with van der Waals surface area (Å²) in [5.41, 5.74) is 9.14. The van der Waals surface area contributed by atoms with Crippen molar-refractivity contribution in [2.75, 3.05) is 0 Å². The molecule has 1 aromatic carbocycles. The van der Waals surface area contributed by atoms with Gasteiger partial charge < -0.3 is 0 Å². The van der Waals surface area contributed by atoms with Crippen LogP contribution < -0.4 is 0 Å². The van der Waals surface area contributed by atoms with E-state index in [1.807, 2.05) is 13.8 Å². The lowest BCUT2D eigenvalue weighted by molar-refractivity contribution is 0.457. The van der Waals surface area contributed by atoms with Gasteiger partial charge in [0.2, 0.25) is 0 Å². The maximum atomic E-state index is 12.6. The van der Waals surface area contributed by atoms with Crippen LogP contribution in [0.3, 0.4) is 0 Å². The second-order valence-corrected chi connectivity index (χ2v) is 4.48. The second-order valence-electron chi connectivity index (χ2n) is 4.48. The van der Waals surface area contributed by atoms with E-state index in [0.29, 0.717) is 0 Å². The van der Waals surface area contributed by atoms with Gasteiger partial charge in [-0.15, -0.1) is 0 Å².